The summed E-state index contributed by atoms with van der Waals surface area (Å²) in [5, 5.41) is 9.14. The summed E-state index contributed by atoms with van der Waals surface area (Å²) in [6, 6.07) is 9.25. The van der Waals surface area contributed by atoms with Crippen LogP contribution < -0.4 is 4.74 Å². The lowest BCUT2D eigenvalue weighted by atomic mass is 9.82. The van der Waals surface area contributed by atoms with Crippen LogP contribution in [0.5, 0.6) is 5.75 Å². The van der Waals surface area contributed by atoms with Gasteiger partial charge in [-0.1, -0.05) is 40.0 Å². The van der Waals surface area contributed by atoms with Crippen molar-refractivity contribution >= 4 is 17.3 Å². The summed E-state index contributed by atoms with van der Waals surface area (Å²) < 4.78 is 6.55. The highest BCUT2D eigenvalue weighted by molar-refractivity contribution is 7.12. The number of aromatic carboxylic acids is 1. The Bertz CT molecular complexity index is 770. The maximum Gasteiger partial charge on any atom is 0.335 e. The van der Waals surface area contributed by atoms with Gasteiger partial charge in [0.25, 0.3) is 0 Å². The number of carboxylic acid groups (broad SMARTS) is 1. The van der Waals surface area contributed by atoms with Crippen LogP contribution in [-0.2, 0) is 12.8 Å². The zero-order valence-electron chi connectivity index (χ0n) is 17.2. The number of ether oxygens (including phenoxy) is 1. The summed E-state index contributed by atoms with van der Waals surface area (Å²) in [6.07, 6.45) is 8.47. The van der Waals surface area contributed by atoms with Crippen molar-refractivity contribution in [3.8, 4) is 5.75 Å². The Morgan fingerprint density at radius 3 is 2.43 bits per heavy atom. The molecular weight excluding hydrogens is 368 g/mol. The third-order valence-electron chi connectivity index (χ3n) is 5.57. The van der Waals surface area contributed by atoms with Gasteiger partial charge in [-0.3, -0.25) is 0 Å². The molecule has 4 heteroatoms. The summed E-state index contributed by atoms with van der Waals surface area (Å²) in [5.74, 6) is 1.03. The molecule has 1 aliphatic carbocycles. The molecule has 1 fully saturated rings. The molecule has 0 amide bonds. The van der Waals surface area contributed by atoms with E-state index in [1.54, 1.807) is 24.3 Å². The third kappa shape index (κ3) is 5.16. The molecule has 0 aliphatic heterocycles. The molecule has 3 nitrogen and oxygen atoms in total. The molecule has 0 bridgehead atoms. The molecule has 1 atom stereocenters. The lowest BCUT2D eigenvalue weighted by Crippen LogP contribution is -2.22. The van der Waals surface area contributed by atoms with Crippen LogP contribution in [0.15, 0.2) is 30.3 Å². The van der Waals surface area contributed by atoms with E-state index in [4.69, 9.17) is 9.84 Å². The van der Waals surface area contributed by atoms with Crippen molar-refractivity contribution in [1.82, 2.24) is 0 Å². The fourth-order valence-electron chi connectivity index (χ4n) is 4.19. The second-order valence-electron chi connectivity index (χ2n) is 8.31. The number of carbonyl (C=O) groups is 1. The fraction of sp³-hybridized carbons (Fsp3) is 0.542. The SMILES string of the molecule is CCc1sc(CC(C)C)cc1C(Oc1ccc(C(=O)O)cc1)C1CCCCC1. The van der Waals surface area contributed by atoms with E-state index in [1.807, 2.05) is 11.3 Å². The number of rotatable bonds is 8. The molecule has 0 saturated heterocycles. The summed E-state index contributed by atoms with van der Waals surface area (Å²) >= 11 is 1.94. The largest absolute Gasteiger partial charge is 0.485 e. The Morgan fingerprint density at radius 2 is 1.86 bits per heavy atom. The van der Waals surface area contributed by atoms with Crippen molar-refractivity contribution in [2.75, 3.05) is 0 Å². The maximum absolute atomic E-state index is 11.1. The van der Waals surface area contributed by atoms with Gasteiger partial charge in [0.1, 0.15) is 11.9 Å². The van der Waals surface area contributed by atoms with E-state index in [0.29, 0.717) is 17.4 Å². The molecule has 1 aromatic heterocycles. The number of aryl methyl sites for hydroxylation is 1. The van der Waals surface area contributed by atoms with Gasteiger partial charge in [-0.05, 0) is 61.9 Å². The van der Waals surface area contributed by atoms with E-state index >= 15 is 0 Å². The first kappa shape index (κ1) is 20.9. The highest BCUT2D eigenvalue weighted by Crippen LogP contribution is 2.41. The van der Waals surface area contributed by atoms with Gasteiger partial charge < -0.3 is 9.84 Å². The van der Waals surface area contributed by atoms with Crippen LogP contribution in [-0.4, -0.2) is 11.1 Å². The van der Waals surface area contributed by atoms with Crippen LogP contribution in [0.25, 0.3) is 0 Å². The Kier molecular flexibility index (Phi) is 7.17. The minimum atomic E-state index is -0.903. The van der Waals surface area contributed by atoms with Gasteiger partial charge in [-0.25, -0.2) is 4.79 Å². The van der Waals surface area contributed by atoms with Crippen molar-refractivity contribution in [2.45, 2.75) is 71.8 Å². The highest BCUT2D eigenvalue weighted by Gasteiger charge is 2.30. The minimum absolute atomic E-state index is 0.0584. The van der Waals surface area contributed by atoms with Crippen LogP contribution in [0.4, 0.5) is 0 Å². The summed E-state index contributed by atoms with van der Waals surface area (Å²) in [6.45, 7) is 6.77. The first-order chi connectivity index (χ1) is 13.5. The molecule has 0 radical (unpaired) electrons. The van der Waals surface area contributed by atoms with Gasteiger partial charge in [-0.15, -0.1) is 11.3 Å². The van der Waals surface area contributed by atoms with Gasteiger partial charge in [0.2, 0.25) is 0 Å². The van der Waals surface area contributed by atoms with Crippen LogP contribution in [0.2, 0.25) is 0 Å². The number of thiophene rings is 1. The Balaban J connectivity index is 1.90. The molecule has 2 aromatic rings. The van der Waals surface area contributed by atoms with E-state index in [0.717, 1.165) is 18.6 Å². The second-order valence-corrected chi connectivity index (χ2v) is 9.53. The minimum Gasteiger partial charge on any atom is -0.485 e. The molecule has 1 N–H and O–H groups in total. The van der Waals surface area contributed by atoms with Crippen LogP contribution in [0.3, 0.4) is 0 Å². The van der Waals surface area contributed by atoms with E-state index in [2.05, 4.69) is 26.8 Å². The molecule has 1 unspecified atom stereocenters. The third-order valence-corrected chi connectivity index (χ3v) is 6.89. The normalized spacial score (nSPS) is 16.3. The second kappa shape index (κ2) is 9.60. The fourth-order valence-corrected chi connectivity index (χ4v) is 5.55. The van der Waals surface area contributed by atoms with E-state index in [-0.39, 0.29) is 6.10 Å². The summed E-state index contributed by atoms with van der Waals surface area (Å²) in [7, 11) is 0. The van der Waals surface area contributed by atoms with Crippen molar-refractivity contribution in [2.24, 2.45) is 11.8 Å². The van der Waals surface area contributed by atoms with Gasteiger partial charge >= 0.3 is 5.97 Å². The van der Waals surface area contributed by atoms with Crippen molar-refractivity contribution in [3.05, 3.63) is 51.2 Å². The maximum atomic E-state index is 11.1. The molecule has 1 heterocycles. The zero-order chi connectivity index (χ0) is 20.1. The quantitative estimate of drug-likeness (QED) is 0.524. The van der Waals surface area contributed by atoms with Gasteiger partial charge in [0, 0.05) is 21.2 Å². The molecule has 28 heavy (non-hydrogen) atoms. The predicted octanol–water partition coefficient (Wildman–Crippen LogP) is 6.91. The average molecular weight is 401 g/mol. The molecule has 1 aliphatic rings. The lowest BCUT2D eigenvalue weighted by Gasteiger charge is -2.31. The average Bonchev–Trinajstić information content (AvgIpc) is 3.09. The van der Waals surface area contributed by atoms with Crippen LogP contribution in [0.1, 0.15) is 84.7 Å². The molecule has 1 saturated carbocycles. The number of hydrogen-bond donors (Lipinski definition) is 1. The zero-order valence-corrected chi connectivity index (χ0v) is 18.1. The van der Waals surface area contributed by atoms with Crippen molar-refractivity contribution < 1.29 is 14.6 Å². The summed E-state index contributed by atoms with van der Waals surface area (Å²) in [4.78, 5) is 14.0. The Labute approximate surface area is 172 Å². The monoisotopic (exact) mass is 400 g/mol. The first-order valence-electron chi connectivity index (χ1n) is 10.6. The van der Waals surface area contributed by atoms with Gasteiger partial charge in [-0.2, -0.15) is 0 Å². The molecule has 152 valence electrons. The lowest BCUT2D eigenvalue weighted by molar-refractivity contribution is 0.0696. The molecular formula is C24H32O3S. The highest BCUT2D eigenvalue weighted by atomic mass is 32.1. The van der Waals surface area contributed by atoms with E-state index in [1.165, 1.54) is 47.4 Å². The standard InChI is InChI=1S/C24H32O3S/c1-4-22-21(15-20(28-22)14-16(2)3)23(17-8-6-5-7-9-17)27-19-12-10-18(11-13-19)24(25)26/h10-13,15-17,23H,4-9,14H2,1-3H3,(H,25,26). The molecule has 3 rings (SSSR count). The van der Waals surface area contributed by atoms with Crippen LogP contribution >= 0.6 is 11.3 Å². The Morgan fingerprint density at radius 1 is 1.18 bits per heavy atom. The van der Waals surface area contributed by atoms with Crippen molar-refractivity contribution in [3.63, 3.8) is 0 Å². The number of carboxylic acids is 1. The van der Waals surface area contributed by atoms with E-state index in [9.17, 15) is 4.79 Å². The number of hydrogen-bond acceptors (Lipinski definition) is 3. The first-order valence-corrected chi connectivity index (χ1v) is 11.4. The topological polar surface area (TPSA) is 46.5 Å². The van der Waals surface area contributed by atoms with Crippen molar-refractivity contribution in [1.29, 1.82) is 0 Å². The van der Waals surface area contributed by atoms with Gasteiger partial charge in [0.15, 0.2) is 0 Å². The Hall–Kier alpha value is -1.81. The van der Waals surface area contributed by atoms with Crippen LogP contribution in [0, 0.1) is 11.8 Å². The van der Waals surface area contributed by atoms with E-state index < -0.39 is 5.97 Å². The van der Waals surface area contributed by atoms with Gasteiger partial charge in [0.05, 0.1) is 5.56 Å². The molecule has 0 spiro atoms. The predicted molar refractivity (Wildman–Crippen MR) is 116 cm³/mol. The summed E-state index contributed by atoms with van der Waals surface area (Å²) in [5.41, 5.74) is 1.66. The smallest absolute Gasteiger partial charge is 0.335 e. The number of benzene rings is 1. The molecule has 1 aromatic carbocycles.